The monoisotopic (exact) mass is 425 g/mol. The van der Waals surface area contributed by atoms with E-state index in [0.717, 1.165) is 5.56 Å². The Hall–Kier alpha value is -2.93. The average Bonchev–Trinajstić information content (AvgIpc) is 3.46. The predicted octanol–water partition coefficient (Wildman–Crippen LogP) is 4.44. The average molecular weight is 426 g/mol. The van der Waals surface area contributed by atoms with Gasteiger partial charge < -0.3 is 15.2 Å². The maximum Gasteiger partial charge on any atom is 0.341 e. The van der Waals surface area contributed by atoms with Gasteiger partial charge in [-0.25, -0.2) is 4.79 Å². The molecule has 4 atom stereocenters. The summed E-state index contributed by atoms with van der Waals surface area (Å²) in [5, 5.41) is 14.7. The summed E-state index contributed by atoms with van der Waals surface area (Å²) in [4.78, 5) is 37.7. The van der Waals surface area contributed by atoms with Crippen LogP contribution in [0.25, 0.3) is 11.1 Å². The lowest BCUT2D eigenvalue weighted by Gasteiger charge is -2.23. The molecular weight excluding hydrogens is 402 g/mol. The van der Waals surface area contributed by atoms with Gasteiger partial charge in [-0.1, -0.05) is 49.4 Å². The normalized spacial score (nSPS) is 24.0. The van der Waals surface area contributed by atoms with Gasteiger partial charge in [-0.15, -0.1) is 11.3 Å². The Morgan fingerprint density at radius 2 is 1.83 bits per heavy atom. The van der Waals surface area contributed by atoms with Crippen LogP contribution in [0.1, 0.15) is 30.1 Å². The van der Waals surface area contributed by atoms with E-state index in [0.29, 0.717) is 29.0 Å². The van der Waals surface area contributed by atoms with Crippen molar-refractivity contribution < 1.29 is 24.2 Å². The number of fused-ring (bicyclic) bond motifs is 2. The lowest BCUT2D eigenvalue weighted by molar-refractivity contribution is -0.146. The zero-order chi connectivity index (χ0) is 21.3. The van der Waals surface area contributed by atoms with Gasteiger partial charge in [0.2, 0.25) is 5.91 Å². The minimum atomic E-state index is -0.953. The molecule has 0 spiro atoms. The van der Waals surface area contributed by atoms with Gasteiger partial charge in [0, 0.05) is 10.9 Å². The molecule has 1 saturated carbocycles. The van der Waals surface area contributed by atoms with Gasteiger partial charge in [0.1, 0.15) is 10.6 Å². The van der Waals surface area contributed by atoms with Gasteiger partial charge in [-0.3, -0.25) is 9.59 Å². The zero-order valence-electron chi connectivity index (χ0n) is 16.5. The summed E-state index contributed by atoms with van der Waals surface area (Å²) in [5.74, 6) is -3.37. The Labute approximate surface area is 178 Å². The van der Waals surface area contributed by atoms with Crippen LogP contribution in [0.3, 0.4) is 0 Å². The molecule has 0 aliphatic heterocycles. The van der Waals surface area contributed by atoms with Crippen LogP contribution >= 0.6 is 11.3 Å². The molecule has 2 bridgehead atoms. The molecule has 0 saturated heterocycles. The summed E-state index contributed by atoms with van der Waals surface area (Å²) in [6.07, 6.45) is 5.21. The summed E-state index contributed by atoms with van der Waals surface area (Å²) in [7, 11) is 0. The minimum Gasteiger partial charge on any atom is -0.481 e. The van der Waals surface area contributed by atoms with Crippen molar-refractivity contribution in [2.75, 3.05) is 11.9 Å². The van der Waals surface area contributed by atoms with Gasteiger partial charge in [-0.05, 0) is 30.2 Å². The first kappa shape index (κ1) is 20.3. The summed E-state index contributed by atoms with van der Waals surface area (Å²) in [6.45, 7) is 2.20. The van der Waals surface area contributed by atoms with Gasteiger partial charge >= 0.3 is 11.9 Å². The van der Waals surface area contributed by atoms with Crippen LogP contribution in [0.2, 0.25) is 0 Å². The second-order valence-corrected chi connectivity index (χ2v) is 8.56. The molecule has 1 amide bonds. The summed E-state index contributed by atoms with van der Waals surface area (Å²) in [5.41, 5.74) is 1.86. The number of rotatable bonds is 7. The minimum absolute atomic E-state index is 0.0832. The third-order valence-electron chi connectivity index (χ3n) is 5.80. The first-order valence-corrected chi connectivity index (χ1v) is 10.9. The van der Waals surface area contributed by atoms with Gasteiger partial charge in [0.05, 0.1) is 18.4 Å². The summed E-state index contributed by atoms with van der Waals surface area (Å²) < 4.78 is 5.37. The number of carbonyl (C=O) groups excluding carboxylic acids is 2. The third kappa shape index (κ3) is 3.65. The van der Waals surface area contributed by atoms with Crippen molar-refractivity contribution in [1.29, 1.82) is 0 Å². The lowest BCUT2D eigenvalue weighted by Crippen LogP contribution is -2.36. The van der Waals surface area contributed by atoms with E-state index in [1.54, 1.807) is 0 Å². The number of thiophene rings is 1. The predicted molar refractivity (Wildman–Crippen MR) is 114 cm³/mol. The molecule has 2 aromatic rings. The van der Waals surface area contributed by atoms with Crippen LogP contribution in [0.5, 0.6) is 0 Å². The van der Waals surface area contributed by atoms with Crippen molar-refractivity contribution in [3.05, 3.63) is 53.4 Å². The number of allylic oxidation sites excluding steroid dienone is 2. The van der Waals surface area contributed by atoms with E-state index in [2.05, 4.69) is 5.32 Å². The number of amides is 1. The number of aliphatic carboxylic acids is 1. The molecule has 2 aliphatic rings. The molecule has 2 N–H and O–H groups in total. The van der Waals surface area contributed by atoms with Crippen LogP contribution in [-0.2, 0) is 14.3 Å². The Morgan fingerprint density at radius 3 is 2.50 bits per heavy atom. The third-order valence-corrected chi connectivity index (χ3v) is 6.70. The fourth-order valence-corrected chi connectivity index (χ4v) is 5.42. The fourth-order valence-electron chi connectivity index (χ4n) is 4.46. The zero-order valence-corrected chi connectivity index (χ0v) is 17.4. The molecule has 0 unspecified atom stereocenters. The van der Waals surface area contributed by atoms with E-state index in [4.69, 9.17) is 4.74 Å². The van der Waals surface area contributed by atoms with Crippen molar-refractivity contribution >= 4 is 34.2 Å². The number of carboxylic acid groups (broad SMARTS) is 1. The molecule has 2 aliphatic carbocycles. The van der Waals surface area contributed by atoms with Crippen molar-refractivity contribution in [3.8, 4) is 11.1 Å². The van der Waals surface area contributed by atoms with Crippen LogP contribution in [0.4, 0.5) is 5.00 Å². The molecule has 4 rings (SSSR count). The maximum atomic E-state index is 13.1. The second-order valence-electron chi connectivity index (χ2n) is 7.68. The standard InChI is InChI=1S/C23H23NO5S/c1-2-10-29-23(28)19-16(13-6-4-3-5-7-13)12-30-21(19)24-20(25)17-14-8-9-15(11-14)18(17)22(26)27/h3-9,12,14-15,17-18H,2,10-11H2,1H3,(H,24,25)(H,26,27)/t14-,15-,17-,18+/m0/s1. The quantitative estimate of drug-likeness (QED) is 0.505. The molecule has 30 heavy (non-hydrogen) atoms. The first-order valence-electron chi connectivity index (χ1n) is 10.1. The molecule has 1 aromatic heterocycles. The Morgan fingerprint density at radius 1 is 1.13 bits per heavy atom. The van der Waals surface area contributed by atoms with E-state index < -0.39 is 23.8 Å². The number of esters is 1. The van der Waals surface area contributed by atoms with E-state index in [-0.39, 0.29) is 24.3 Å². The topological polar surface area (TPSA) is 92.7 Å². The van der Waals surface area contributed by atoms with Crippen LogP contribution in [0, 0.1) is 23.7 Å². The van der Waals surface area contributed by atoms with Gasteiger partial charge in [0.15, 0.2) is 0 Å². The van der Waals surface area contributed by atoms with Crippen LogP contribution < -0.4 is 5.32 Å². The number of hydrogen-bond acceptors (Lipinski definition) is 5. The van der Waals surface area contributed by atoms with E-state index >= 15 is 0 Å². The second kappa shape index (κ2) is 8.44. The molecule has 156 valence electrons. The molecule has 0 radical (unpaired) electrons. The summed E-state index contributed by atoms with van der Waals surface area (Å²) in [6, 6.07) is 9.44. The van der Waals surface area contributed by atoms with Crippen molar-refractivity contribution in [2.45, 2.75) is 19.8 Å². The summed E-state index contributed by atoms with van der Waals surface area (Å²) >= 11 is 1.25. The highest BCUT2D eigenvalue weighted by molar-refractivity contribution is 7.15. The number of anilines is 1. The van der Waals surface area contributed by atoms with E-state index in [1.807, 2.05) is 54.8 Å². The van der Waals surface area contributed by atoms with Gasteiger partial charge in [-0.2, -0.15) is 0 Å². The van der Waals surface area contributed by atoms with E-state index in [9.17, 15) is 19.5 Å². The highest BCUT2D eigenvalue weighted by Crippen LogP contribution is 2.49. The highest BCUT2D eigenvalue weighted by atomic mass is 32.1. The Kier molecular flexibility index (Phi) is 5.72. The molecule has 1 aromatic carbocycles. The smallest absolute Gasteiger partial charge is 0.341 e. The fraction of sp³-hybridized carbons (Fsp3) is 0.348. The number of benzene rings is 1. The van der Waals surface area contributed by atoms with Crippen LogP contribution in [0.15, 0.2) is 47.9 Å². The number of nitrogens with one attached hydrogen (secondary N) is 1. The van der Waals surface area contributed by atoms with Gasteiger partial charge in [0.25, 0.3) is 0 Å². The maximum absolute atomic E-state index is 13.1. The highest BCUT2D eigenvalue weighted by Gasteiger charge is 2.51. The molecule has 1 fully saturated rings. The van der Waals surface area contributed by atoms with Crippen molar-refractivity contribution in [3.63, 3.8) is 0 Å². The lowest BCUT2D eigenvalue weighted by atomic mass is 9.82. The molecule has 6 nitrogen and oxygen atoms in total. The number of carboxylic acids is 1. The molecule has 7 heteroatoms. The largest absolute Gasteiger partial charge is 0.481 e. The number of hydrogen-bond donors (Lipinski definition) is 2. The Bertz CT molecular complexity index is 996. The Balaban J connectivity index is 1.65. The van der Waals surface area contributed by atoms with Crippen molar-refractivity contribution in [1.82, 2.24) is 0 Å². The van der Waals surface area contributed by atoms with E-state index in [1.165, 1.54) is 11.3 Å². The SMILES string of the molecule is CCCOC(=O)c1c(-c2ccccc2)csc1NC(=O)[C@@H]1[C@H](C(=O)O)[C@H]2C=C[C@H]1C2. The first-order chi connectivity index (χ1) is 14.5. The molecular formula is C23H23NO5S. The number of ether oxygens (including phenoxy) is 1. The molecule has 1 heterocycles. The van der Waals surface area contributed by atoms with Crippen molar-refractivity contribution in [2.24, 2.45) is 23.7 Å². The number of carbonyl (C=O) groups is 3. The van der Waals surface area contributed by atoms with Crippen LogP contribution in [-0.4, -0.2) is 29.6 Å².